The van der Waals surface area contributed by atoms with Crippen LogP contribution in [0, 0.1) is 0 Å². The van der Waals surface area contributed by atoms with Gasteiger partial charge in [-0.25, -0.2) is 4.79 Å². The number of benzene rings is 3. The maximum Gasteiger partial charge on any atom is 0.315 e. The van der Waals surface area contributed by atoms with Crippen LogP contribution in [0.15, 0.2) is 66.7 Å². The zero-order valence-corrected chi connectivity index (χ0v) is 14.9. The Hall–Kier alpha value is -3.05. The van der Waals surface area contributed by atoms with Gasteiger partial charge in [0.05, 0.1) is 6.04 Å². The minimum Gasteiger partial charge on any atom is -0.491 e. The minimum absolute atomic E-state index is 0.246. The van der Waals surface area contributed by atoms with Crippen LogP contribution in [0.4, 0.5) is 4.79 Å². The molecule has 2 atom stereocenters. The first-order valence-corrected chi connectivity index (χ1v) is 9.12. The Morgan fingerprint density at radius 2 is 1.81 bits per heavy atom. The molecule has 3 aromatic carbocycles. The zero-order valence-electron chi connectivity index (χ0n) is 14.9. The van der Waals surface area contributed by atoms with E-state index in [2.05, 4.69) is 41.0 Å². The third kappa shape index (κ3) is 3.88. The summed E-state index contributed by atoms with van der Waals surface area (Å²) in [6.45, 7) is 0.765. The molecule has 0 bridgehead atoms. The monoisotopic (exact) mass is 362 g/mol. The Morgan fingerprint density at radius 1 is 1.04 bits per heavy atom. The first-order valence-electron chi connectivity index (χ1n) is 9.12. The van der Waals surface area contributed by atoms with Crippen LogP contribution in [0.25, 0.3) is 10.8 Å². The first kappa shape index (κ1) is 17.4. The van der Waals surface area contributed by atoms with Crippen molar-refractivity contribution in [2.45, 2.75) is 18.6 Å². The van der Waals surface area contributed by atoms with Crippen molar-refractivity contribution in [1.82, 2.24) is 10.6 Å². The molecule has 27 heavy (non-hydrogen) atoms. The fraction of sp³-hybridized carbons (Fsp3) is 0.227. The van der Waals surface area contributed by atoms with Crippen molar-refractivity contribution in [1.29, 1.82) is 0 Å². The summed E-state index contributed by atoms with van der Waals surface area (Å²) in [4.78, 5) is 12.2. The van der Waals surface area contributed by atoms with E-state index in [1.807, 2.05) is 36.4 Å². The van der Waals surface area contributed by atoms with E-state index in [0.717, 1.165) is 6.42 Å². The molecule has 5 nitrogen and oxygen atoms in total. The van der Waals surface area contributed by atoms with Crippen molar-refractivity contribution in [2.24, 2.45) is 0 Å². The van der Waals surface area contributed by atoms with Crippen LogP contribution in [0.3, 0.4) is 0 Å². The smallest absolute Gasteiger partial charge is 0.315 e. The summed E-state index contributed by atoms with van der Waals surface area (Å²) < 4.78 is 5.62. The third-order valence-electron chi connectivity index (χ3n) is 4.87. The van der Waals surface area contributed by atoms with Gasteiger partial charge in [-0.3, -0.25) is 0 Å². The van der Waals surface area contributed by atoms with Gasteiger partial charge in [0.25, 0.3) is 0 Å². The lowest BCUT2D eigenvalue weighted by Crippen LogP contribution is -2.49. The van der Waals surface area contributed by atoms with Crippen LogP contribution < -0.4 is 15.4 Å². The lowest BCUT2D eigenvalue weighted by Gasteiger charge is -2.30. The average Bonchev–Trinajstić information content (AvgIpc) is 2.70. The van der Waals surface area contributed by atoms with E-state index in [1.54, 1.807) is 0 Å². The quantitative estimate of drug-likeness (QED) is 0.668. The molecule has 4 rings (SSSR count). The molecule has 0 unspecified atom stereocenters. The van der Waals surface area contributed by atoms with Gasteiger partial charge < -0.3 is 20.5 Å². The molecule has 1 heterocycles. The summed E-state index contributed by atoms with van der Waals surface area (Å²) in [5.41, 5.74) is 1.87. The molecule has 3 aromatic rings. The molecule has 0 spiro atoms. The number of urea groups is 1. The highest BCUT2D eigenvalue weighted by atomic mass is 16.5. The van der Waals surface area contributed by atoms with E-state index >= 15 is 0 Å². The maximum atomic E-state index is 12.2. The van der Waals surface area contributed by atoms with Gasteiger partial charge >= 0.3 is 6.03 Å². The van der Waals surface area contributed by atoms with E-state index in [-0.39, 0.29) is 12.6 Å². The summed E-state index contributed by atoms with van der Waals surface area (Å²) in [5, 5.41) is 18.5. The predicted molar refractivity (Wildman–Crippen MR) is 105 cm³/mol. The molecule has 0 fully saturated rings. The zero-order chi connectivity index (χ0) is 18.6. The van der Waals surface area contributed by atoms with Crippen LogP contribution >= 0.6 is 0 Å². The highest BCUT2D eigenvalue weighted by Crippen LogP contribution is 2.31. The Kier molecular flexibility index (Phi) is 4.94. The van der Waals surface area contributed by atoms with Crippen molar-refractivity contribution in [3.8, 4) is 5.75 Å². The van der Waals surface area contributed by atoms with Crippen molar-refractivity contribution in [3.63, 3.8) is 0 Å². The van der Waals surface area contributed by atoms with E-state index in [4.69, 9.17) is 4.74 Å². The molecule has 3 N–H and O–H groups in total. The Balaban J connectivity index is 1.29. The number of aliphatic hydroxyl groups is 1. The summed E-state index contributed by atoms with van der Waals surface area (Å²) in [6, 6.07) is 21.1. The molecule has 1 aliphatic heterocycles. The number of hydrogen-bond acceptors (Lipinski definition) is 3. The van der Waals surface area contributed by atoms with E-state index in [1.165, 1.54) is 16.3 Å². The molecular formula is C22H22N2O3. The number of amides is 2. The second kappa shape index (κ2) is 7.68. The number of carbonyl (C=O) groups is 1. The molecular weight excluding hydrogens is 340 g/mol. The summed E-state index contributed by atoms with van der Waals surface area (Å²) in [6.07, 6.45) is -0.0358. The molecule has 1 aliphatic rings. The molecule has 0 saturated heterocycles. The topological polar surface area (TPSA) is 70.6 Å². The lowest BCUT2D eigenvalue weighted by molar-refractivity contribution is 0.0774. The summed E-state index contributed by atoms with van der Waals surface area (Å²) in [7, 11) is 0. The number of aliphatic hydroxyl groups excluding tert-OH is 1. The fourth-order valence-corrected chi connectivity index (χ4v) is 3.40. The second-order valence-corrected chi connectivity index (χ2v) is 6.73. The van der Waals surface area contributed by atoms with Gasteiger partial charge in [-0.05, 0) is 28.8 Å². The largest absolute Gasteiger partial charge is 0.491 e. The van der Waals surface area contributed by atoms with Crippen LogP contribution in [0.5, 0.6) is 5.75 Å². The number of nitrogens with one attached hydrogen (secondary N) is 2. The predicted octanol–water partition coefficient (Wildman–Crippen LogP) is 3.18. The lowest BCUT2D eigenvalue weighted by atomic mass is 9.99. The fourth-order valence-electron chi connectivity index (χ4n) is 3.40. The van der Waals surface area contributed by atoms with Gasteiger partial charge in [0.2, 0.25) is 0 Å². The molecule has 138 valence electrons. The van der Waals surface area contributed by atoms with E-state index in [9.17, 15) is 9.90 Å². The van der Waals surface area contributed by atoms with E-state index < -0.39 is 12.1 Å². The van der Waals surface area contributed by atoms with Gasteiger partial charge in [-0.2, -0.15) is 0 Å². The second-order valence-electron chi connectivity index (χ2n) is 6.73. The van der Waals surface area contributed by atoms with Gasteiger partial charge in [-0.15, -0.1) is 0 Å². The van der Waals surface area contributed by atoms with Crippen molar-refractivity contribution < 1.29 is 14.6 Å². The summed E-state index contributed by atoms with van der Waals surface area (Å²) in [5.74, 6) is 0.666. The number of hydrogen-bond donors (Lipinski definition) is 3. The number of rotatable bonds is 4. The Bertz CT molecular complexity index is 957. The number of fused-ring (bicyclic) bond motifs is 2. The molecule has 2 amide bonds. The molecule has 0 saturated carbocycles. The van der Waals surface area contributed by atoms with Crippen molar-refractivity contribution in [3.05, 3.63) is 77.9 Å². The molecule has 0 aliphatic carbocycles. The first-order chi connectivity index (χ1) is 13.2. The van der Waals surface area contributed by atoms with Crippen LogP contribution in [0.2, 0.25) is 0 Å². The SMILES string of the molecule is O=C(NCCc1ccc2ccccc2c1)N[C@H]1COc2ccccc2[C@@H]1O. The number of carbonyl (C=O) groups excluding carboxylic acids is 1. The number of para-hydroxylation sites is 1. The van der Waals surface area contributed by atoms with Crippen molar-refractivity contribution >= 4 is 16.8 Å². The Morgan fingerprint density at radius 3 is 2.70 bits per heavy atom. The number of ether oxygens (including phenoxy) is 1. The minimum atomic E-state index is -0.777. The van der Waals surface area contributed by atoms with Gasteiger partial charge in [-0.1, -0.05) is 60.7 Å². The van der Waals surface area contributed by atoms with Gasteiger partial charge in [0.15, 0.2) is 0 Å². The van der Waals surface area contributed by atoms with Gasteiger partial charge in [0, 0.05) is 12.1 Å². The normalized spacial score (nSPS) is 18.4. The standard InChI is InChI=1S/C22H22N2O3/c25-21-18-7-3-4-8-20(18)27-14-19(21)24-22(26)23-12-11-15-9-10-16-5-1-2-6-17(16)13-15/h1-10,13,19,21,25H,11-12,14H2,(H2,23,24,26)/t19-,21-/m0/s1. The van der Waals surface area contributed by atoms with Crippen LogP contribution in [-0.4, -0.2) is 30.3 Å². The van der Waals surface area contributed by atoms with Gasteiger partial charge in [0.1, 0.15) is 18.5 Å². The van der Waals surface area contributed by atoms with Crippen LogP contribution in [0.1, 0.15) is 17.2 Å². The summed E-state index contributed by atoms with van der Waals surface area (Å²) >= 11 is 0. The molecule has 0 aromatic heterocycles. The van der Waals surface area contributed by atoms with Crippen LogP contribution in [-0.2, 0) is 6.42 Å². The molecule has 0 radical (unpaired) electrons. The highest BCUT2D eigenvalue weighted by Gasteiger charge is 2.30. The Labute approximate surface area is 158 Å². The third-order valence-corrected chi connectivity index (χ3v) is 4.87. The van der Waals surface area contributed by atoms with Crippen molar-refractivity contribution in [2.75, 3.05) is 13.2 Å². The average molecular weight is 362 g/mol. The highest BCUT2D eigenvalue weighted by molar-refractivity contribution is 5.83. The maximum absolute atomic E-state index is 12.2. The molecule has 5 heteroatoms. The van der Waals surface area contributed by atoms with E-state index in [0.29, 0.717) is 17.9 Å².